The molecule has 164 valence electrons. The van der Waals surface area contributed by atoms with E-state index in [0.717, 1.165) is 51.2 Å². The number of hydrogen-bond donors (Lipinski definition) is 1. The molecule has 0 unspecified atom stereocenters. The summed E-state index contributed by atoms with van der Waals surface area (Å²) in [6, 6.07) is 3.91. The van der Waals surface area contributed by atoms with Gasteiger partial charge in [-0.3, -0.25) is 4.90 Å². The molecular formula is C20H30F3N3O2S. The fourth-order valence-electron chi connectivity index (χ4n) is 4.40. The summed E-state index contributed by atoms with van der Waals surface area (Å²) in [7, 11) is -4.00. The van der Waals surface area contributed by atoms with Crippen molar-refractivity contribution in [2.75, 3.05) is 32.7 Å². The summed E-state index contributed by atoms with van der Waals surface area (Å²) >= 11 is 0. The second-order valence-electron chi connectivity index (χ2n) is 8.17. The first-order chi connectivity index (χ1) is 13.6. The molecule has 2 saturated heterocycles. The van der Waals surface area contributed by atoms with Crippen molar-refractivity contribution in [2.45, 2.75) is 56.3 Å². The van der Waals surface area contributed by atoms with E-state index in [2.05, 4.69) is 28.4 Å². The Labute approximate surface area is 171 Å². The van der Waals surface area contributed by atoms with Crippen LogP contribution in [0.5, 0.6) is 0 Å². The number of sulfonamides is 1. The highest BCUT2D eigenvalue weighted by molar-refractivity contribution is 7.89. The number of nitrogens with one attached hydrogen (secondary N) is 1. The van der Waals surface area contributed by atoms with Crippen molar-refractivity contribution in [1.29, 1.82) is 0 Å². The van der Waals surface area contributed by atoms with Gasteiger partial charge in [-0.2, -0.15) is 13.2 Å². The highest BCUT2D eigenvalue weighted by Gasteiger charge is 2.38. The minimum atomic E-state index is -4.57. The number of rotatable bonds is 7. The largest absolute Gasteiger partial charge is 0.416 e. The van der Waals surface area contributed by atoms with E-state index in [9.17, 15) is 21.6 Å². The van der Waals surface area contributed by atoms with E-state index in [1.165, 1.54) is 6.07 Å². The van der Waals surface area contributed by atoms with Crippen LogP contribution >= 0.6 is 0 Å². The molecule has 1 aromatic carbocycles. The first-order valence-corrected chi connectivity index (χ1v) is 11.8. The molecule has 0 aliphatic carbocycles. The van der Waals surface area contributed by atoms with E-state index in [-0.39, 0.29) is 17.0 Å². The van der Waals surface area contributed by atoms with E-state index in [1.54, 1.807) is 0 Å². The molecule has 0 amide bonds. The van der Waals surface area contributed by atoms with Gasteiger partial charge in [-0.1, -0.05) is 32.8 Å². The summed E-state index contributed by atoms with van der Waals surface area (Å²) in [5.41, 5.74) is -0.957. The number of hydrogen-bond acceptors (Lipinski definition) is 4. The lowest BCUT2D eigenvalue weighted by Crippen LogP contribution is -2.51. The summed E-state index contributed by atoms with van der Waals surface area (Å²) < 4.78 is 66.7. The van der Waals surface area contributed by atoms with Crippen molar-refractivity contribution in [1.82, 2.24) is 14.5 Å². The number of alkyl halides is 3. The van der Waals surface area contributed by atoms with Gasteiger partial charge in [0.2, 0.25) is 10.0 Å². The molecule has 2 atom stereocenters. The van der Waals surface area contributed by atoms with Crippen LogP contribution in [-0.2, 0) is 16.2 Å². The Morgan fingerprint density at radius 1 is 1.17 bits per heavy atom. The standard InChI is InChI=1S/C20H30F3N3O2S/c1-3-15(4-2)12-25-8-9-26-13-17(11-18(26)14-25)24-29(27,28)19-7-5-6-16(10-19)20(21,22)23/h5-7,10,15,17-18,24H,3-4,8-9,11-14H2,1-2H3/t17-,18-/m0/s1. The highest BCUT2D eigenvalue weighted by Crippen LogP contribution is 2.31. The van der Waals surface area contributed by atoms with Crippen LogP contribution in [0.1, 0.15) is 38.7 Å². The Hall–Kier alpha value is -1.16. The second-order valence-corrected chi connectivity index (χ2v) is 9.88. The molecule has 2 heterocycles. The minimum Gasteiger partial charge on any atom is -0.300 e. The summed E-state index contributed by atoms with van der Waals surface area (Å²) in [6.07, 6.45) is -1.59. The molecule has 0 bridgehead atoms. The zero-order valence-corrected chi connectivity index (χ0v) is 17.8. The van der Waals surface area contributed by atoms with Crippen LogP contribution in [-0.4, -0.2) is 63.0 Å². The second kappa shape index (κ2) is 8.91. The zero-order valence-electron chi connectivity index (χ0n) is 17.0. The maximum absolute atomic E-state index is 12.9. The summed E-state index contributed by atoms with van der Waals surface area (Å²) in [5, 5.41) is 0. The van der Waals surface area contributed by atoms with Crippen molar-refractivity contribution < 1.29 is 21.6 Å². The third-order valence-corrected chi connectivity index (χ3v) is 7.68. The molecule has 0 saturated carbocycles. The molecule has 5 nitrogen and oxygen atoms in total. The van der Waals surface area contributed by atoms with Crippen LogP contribution in [0.2, 0.25) is 0 Å². The van der Waals surface area contributed by atoms with E-state index in [0.29, 0.717) is 24.9 Å². The van der Waals surface area contributed by atoms with Crippen LogP contribution in [0.3, 0.4) is 0 Å². The molecule has 2 fully saturated rings. The first-order valence-electron chi connectivity index (χ1n) is 10.3. The van der Waals surface area contributed by atoms with Crippen molar-refractivity contribution >= 4 is 10.0 Å². The average Bonchev–Trinajstić information content (AvgIpc) is 3.06. The minimum absolute atomic E-state index is 0.285. The Kier molecular flexibility index (Phi) is 6.92. The Morgan fingerprint density at radius 2 is 1.90 bits per heavy atom. The quantitative estimate of drug-likeness (QED) is 0.718. The van der Waals surface area contributed by atoms with Crippen LogP contribution in [0.25, 0.3) is 0 Å². The van der Waals surface area contributed by atoms with Gasteiger partial charge in [0, 0.05) is 44.8 Å². The average molecular weight is 434 g/mol. The Bertz CT molecular complexity index is 796. The van der Waals surface area contributed by atoms with Crippen molar-refractivity contribution in [3.8, 4) is 0 Å². The van der Waals surface area contributed by atoms with Crippen molar-refractivity contribution in [3.05, 3.63) is 29.8 Å². The summed E-state index contributed by atoms with van der Waals surface area (Å²) in [4.78, 5) is 4.41. The van der Waals surface area contributed by atoms with Gasteiger partial charge in [-0.25, -0.2) is 13.1 Å². The molecule has 0 radical (unpaired) electrons. The van der Waals surface area contributed by atoms with Gasteiger partial charge in [0.1, 0.15) is 0 Å². The summed E-state index contributed by atoms with van der Waals surface area (Å²) in [5.74, 6) is 0.679. The zero-order chi connectivity index (χ0) is 21.2. The Balaban J connectivity index is 1.62. The van der Waals surface area contributed by atoms with Crippen LogP contribution in [0.15, 0.2) is 29.2 Å². The fourth-order valence-corrected chi connectivity index (χ4v) is 5.68. The number of halogens is 3. The lowest BCUT2D eigenvalue weighted by Gasteiger charge is -2.38. The van der Waals surface area contributed by atoms with Crippen LogP contribution in [0, 0.1) is 5.92 Å². The van der Waals surface area contributed by atoms with E-state index in [4.69, 9.17) is 0 Å². The molecule has 2 aliphatic rings. The predicted octanol–water partition coefficient (Wildman–Crippen LogP) is 3.18. The maximum Gasteiger partial charge on any atom is 0.416 e. The van der Waals surface area contributed by atoms with E-state index >= 15 is 0 Å². The van der Waals surface area contributed by atoms with E-state index in [1.807, 2.05) is 0 Å². The maximum atomic E-state index is 12.9. The van der Waals surface area contributed by atoms with Gasteiger partial charge < -0.3 is 4.90 Å². The van der Waals surface area contributed by atoms with Crippen molar-refractivity contribution in [3.63, 3.8) is 0 Å². The number of fused-ring (bicyclic) bond motifs is 1. The molecule has 9 heteroatoms. The van der Waals surface area contributed by atoms with Gasteiger partial charge in [-0.15, -0.1) is 0 Å². The SMILES string of the molecule is CCC(CC)CN1CCN2C[C@@H](NS(=O)(=O)c3cccc(C(F)(F)F)c3)C[C@H]2C1. The van der Waals surface area contributed by atoms with E-state index < -0.39 is 21.8 Å². The topological polar surface area (TPSA) is 52.6 Å². The lowest BCUT2D eigenvalue weighted by atomic mass is 10.0. The third kappa shape index (κ3) is 5.51. The first kappa shape index (κ1) is 22.5. The Morgan fingerprint density at radius 3 is 2.55 bits per heavy atom. The number of piperazine rings is 1. The van der Waals surface area contributed by atoms with Gasteiger partial charge >= 0.3 is 6.18 Å². The molecule has 1 aromatic rings. The monoisotopic (exact) mass is 433 g/mol. The van der Waals surface area contributed by atoms with Gasteiger partial charge in [0.05, 0.1) is 10.5 Å². The molecule has 3 rings (SSSR count). The molecular weight excluding hydrogens is 403 g/mol. The predicted molar refractivity (Wildman–Crippen MR) is 106 cm³/mol. The van der Waals surface area contributed by atoms with Gasteiger partial charge in [0.25, 0.3) is 0 Å². The third-order valence-electron chi connectivity index (χ3n) is 6.16. The molecule has 2 aliphatic heterocycles. The summed E-state index contributed by atoms with van der Waals surface area (Å²) in [6.45, 7) is 8.86. The lowest BCUT2D eigenvalue weighted by molar-refractivity contribution is -0.137. The number of nitrogens with zero attached hydrogens (tertiary/aromatic N) is 2. The normalized spacial score (nSPS) is 24.2. The van der Waals surface area contributed by atoms with Gasteiger partial charge in [0.15, 0.2) is 0 Å². The molecule has 0 aromatic heterocycles. The highest BCUT2D eigenvalue weighted by atomic mass is 32.2. The van der Waals surface area contributed by atoms with Crippen molar-refractivity contribution in [2.24, 2.45) is 5.92 Å². The fraction of sp³-hybridized carbons (Fsp3) is 0.700. The van der Waals surface area contributed by atoms with Crippen LogP contribution < -0.4 is 4.72 Å². The molecule has 0 spiro atoms. The number of benzene rings is 1. The van der Waals surface area contributed by atoms with Gasteiger partial charge in [-0.05, 0) is 30.5 Å². The molecule has 1 N–H and O–H groups in total. The van der Waals surface area contributed by atoms with Crippen LogP contribution in [0.4, 0.5) is 13.2 Å². The molecule has 29 heavy (non-hydrogen) atoms. The smallest absolute Gasteiger partial charge is 0.300 e.